The average molecular weight is 489 g/mol. The molecule has 0 unspecified atom stereocenters. The lowest BCUT2D eigenvalue weighted by molar-refractivity contribution is 0.122. The fourth-order valence-corrected chi connectivity index (χ4v) is 4.14. The van der Waals surface area contributed by atoms with Crippen molar-refractivity contribution in [1.29, 1.82) is 0 Å². The molecule has 0 bridgehead atoms. The first-order valence-corrected chi connectivity index (χ1v) is 11.8. The second kappa shape index (κ2) is 10.5. The van der Waals surface area contributed by atoms with E-state index in [0.29, 0.717) is 66.5 Å². The highest BCUT2D eigenvalue weighted by Gasteiger charge is 2.21. The summed E-state index contributed by atoms with van der Waals surface area (Å²) in [5.74, 6) is 1.30. The van der Waals surface area contributed by atoms with Crippen LogP contribution in [-0.4, -0.2) is 82.0 Å². The highest BCUT2D eigenvalue weighted by atomic mass is 16.5. The van der Waals surface area contributed by atoms with Crippen LogP contribution in [0.1, 0.15) is 6.92 Å². The Balaban J connectivity index is 1.52. The maximum atomic E-state index is 13.3. The topological polar surface area (TPSA) is 141 Å². The van der Waals surface area contributed by atoms with Gasteiger partial charge in [0, 0.05) is 50.9 Å². The van der Waals surface area contributed by atoms with Gasteiger partial charge in [-0.2, -0.15) is 5.10 Å². The zero-order valence-electron chi connectivity index (χ0n) is 20.1. The minimum atomic E-state index is -0.260. The number of aromatic amines is 2. The van der Waals surface area contributed by atoms with Gasteiger partial charge in [0.15, 0.2) is 0 Å². The lowest BCUT2D eigenvalue weighted by Gasteiger charge is -2.27. The number of pyridine rings is 2. The van der Waals surface area contributed by atoms with E-state index in [0.717, 1.165) is 24.4 Å². The van der Waals surface area contributed by atoms with Gasteiger partial charge in [-0.05, 0) is 19.7 Å². The maximum Gasteiger partial charge on any atom is 0.261 e. The molecule has 4 aromatic rings. The van der Waals surface area contributed by atoms with Gasteiger partial charge in [0.25, 0.3) is 5.56 Å². The fraction of sp³-hybridized carbons (Fsp3) is 0.333. The maximum absolute atomic E-state index is 13.3. The van der Waals surface area contributed by atoms with Crippen molar-refractivity contribution in [3.8, 4) is 11.4 Å². The van der Waals surface area contributed by atoms with E-state index in [-0.39, 0.29) is 5.56 Å². The zero-order valence-corrected chi connectivity index (χ0v) is 20.1. The van der Waals surface area contributed by atoms with Gasteiger partial charge in [0.05, 0.1) is 42.7 Å². The lowest BCUT2D eigenvalue weighted by Crippen LogP contribution is -2.36. The number of hydrogen-bond acceptors (Lipinski definition) is 9. The van der Waals surface area contributed by atoms with E-state index in [9.17, 15) is 4.79 Å². The molecule has 0 radical (unpaired) electrons. The van der Waals surface area contributed by atoms with E-state index in [1.807, 2.05) is 19.2 Å². The van der Waals surface area contributed by atoms with Crippen molar-refractivity contribution in [2.75, 3.05) is 49.6 Å². The molecule has 3 N–H and O–H groups in total. The predicted molar refractivity (Wildman–Crippen MR) is 142 cm³/mol. The third-order valence-corrected chi connectivity index (χ3v) is 5.90. The molecule has 1 fully saturated rings. The van der Waals surface area contributed by atoms with Crippen LogP contribution >= 0.6 is 0 Å². The van der Waals surface area contributed by atoms with E-state index in [1.165, 1.54) is 0 Å². The predicted octanol–water partition coefficient (Wildman–Crippen LogP) is 2.22. The first-order valence-electron chi connectivity index (χ1n) is 11.8. The molecule has 0 saturated carbocycles. The SMILES string of the molecule is C=N/C=C\C=N/CCNc1c(-c2nc3cnc(N4CCOCC4)cc3[nH]2)c(=O)[nH]c2cn(CC)nc12. The minimum absolute atomic E-state index is 0.260. The Morgan fingerprint density at radius 2 is 2.14 bits per heavy atom. The summed E-state index contributed by atoms with van der Waals surface area (Å²) < 4.78 is 7.24. The Hall–Kier alpha value is -4.32. The van der Waals surface area contributed by atoms with Crippen molar-refractivity contribution in [3.05, 3.63) is 41.1 Å². The van der Waals surface area contributed by atoms with Gasteiger partial charge in [0.2, 0.25) is 0 Å². The van der Waals surface area contributed by atoms with Crippen molar-refractivity contribution in [1.82, 2.24) is 29.7 Å². The third-order valence-electron chi connectivity index (χ3n) is 5.90. The van der Waals surface area contributed by atoms with Crippen molar-refractivity contribution >= 4 is 46.5 Å². The number of allylic oxidation sites excluding steroid dienone is 1. The number of nitrogens with one attached hydrogen (secondary N) is 3. The second-order valence-electron chi connectivity index (χ2n) is 8.20. The molecule has 12 heteroatoms. The van der Waals surface area contributed by atoms with Crippen molar-refractivity contribution in [2.24, 2.45) is 9.98 Å². The molecule has 5 rings (SSSR count). The summed E-state index contributed by atoms with van der Waals surface area (Å²) in [7, 11) is 0. The molecule has 4 aromatic heterocycles. The molecular formula is C24H28N10O2. The van der Waals surface area contributed by atoms with Gasteiger partial charge in [-0.25, -0.2) is 9.97 Å². The number of imidazole rings is 1. The molecule has 0 aliphatic carbocycles. The highest BCUT2D eigenvalue weighted by molar-refractivity contribution is 5.96. The van der Waals surface area contributed by atoms with Crippen LogP contribution in [0.15, 0.2) is 45.5 Å². The van der Waals surface area contributed by atoms with Crippen LogP contribution in [0, 0.1) is 0 Å². The number of aryl methyl sites for hydroxylation is 1. The van der Waals surface area contributed by atoms with E-state index in [1.54, 1.807) is 29.4 Å². The van der Waals surface area contributed by atoms with Crippen molar-refractivity contribution < 1.29 is 4.74 Å². The van der Waals surface area contributed by atoms with Gasteiger partial charge < -0.3 is 24.9 Å². The van der Waals surface area contributed by atoms with Crippen molar-refractivity contribution in [2.45, 2.75) is 13.5 Å². The number of ether oxygens (including phenoxy) is 1. The molecule has 1 saturated heterocycles. The molecule has 186 valence electrons. The molecule has 1 aliphatic heterocycles. The number of fused-ring (bicyclic) bond motifs is 2. The average Bonchev–Trinajstić information content (AvgIpc) is 3.51. The Kier molecular flexibility index (Phi) is 6.85. The summed E-state index contributed by atoms with van der Waals surface area (Å²) in [5, 5.41) is 8.03. The summed E-state index contributed by atoms with van der Waals surface area (Å²) in [4.78, 5) is 38.9. The quantitative estimate of drug-likeness (QED) is 0.242. The van der Waals surface area contributed by atoms with Crippen LogP contribution in [0.3, 0.4) is 0 Å². The van der Waals surface area contributed by atoms with E-state index < -0.39 is 0 Å². The standard InChI is InChI=1S/C24H28N10O2/c1-3-34-15-18-21(32-34)22(27-8-7-26-6-4-5-25-2)20(24(35)31-18)23-29-16-13-19(28-14-17(16)30-23)33-9-11-36-12-10-33/h4-6,13-15,27H,2-3,7-12H2,1H3,(H,29,30)(H,31,35)/b5-4-,26-6-. The van der Waals surface area contributed by atoms with Gasteiger partial charge in [-0.15, -0.1) is 0 Å². The van der Waals surface area contributed by atoms with E-state index in [4.69, 9.17) is 9.72 Å². The summed E-state index contributed by atoms with van der Waals surface area (Å²) in [6.45, 7) is 9.98. The number of anilines is 2. The van der Waals surface area contributed by atoms with Crippen molar-refractivity contribution in [3.63, 3.8) is 0 Å². The van der Waals surface area contributed by atoms with E-state index >= 15 is 0 Å². The number of aliphatic imine (C=N–C) groups is 2. The smallest absolute Gasteiger partial charge is 0.261 e. The second-order valence-corrected chi connectivity index (χ2v) is 8.20. The zero-order chi connectivity index (χ0) is 24.9. The molecule has 1 aliphatic rings. The molecule has 0 aromatic carbocycles. The number of morpholine rings is 1. The first kappa shape index (κ1) is 23.4. The molecule has 0 amide bonds. The van der Waals surface area contributed by atoms with Gasteiger partial charge >= 0.3 is 0 Å². The monoisotopic (exact) mass is 488 g/mol. The Morgan fingerprint density at radius 3 is 2.94 bits per heavy atom. The Bertz CT molecular complexity index is 1490. The third kappa shape index (κ3) is 4.75. The minimum Gasteiger partial charge on any atom is -0.381 e. The normalized spacial score (nSPS) is 14.5. The molecule has 36 heavy (non-hydrogen) atoms. The molecule has 0 atom stereocenters. The number of H-pyrrole nitrogens is 2. The Labute approximate surface area is 206 Å². The number of aromatic nitrogens is 6. The van der Waals surface area contributed by atoms with Gasteiger partial charge in [-0.1, -0.05) is 0 Å². The van der Waals surface area contributed by atoms with Crippen LogP contribution in [0.5, 0.6) is 0 Å². The number of rotatable bonds is 9. The van der Waals surface area contributed by atoms with Crippen LogP contribution in [-0.2, 0) is 11.3 Å². The first-order chi connectivity index (χ1) is 17.7. The van der Waals surface area contributed by atoms with Gasteiger partial charge in [0.1, 0.15) is 28.2 Å². The summed E-state index contributed by atoms with van der Waals surface area (Å²) in [5.41, 5.74) is 3.55. The summed E-state index contributed by atoms with van der Waals surface area (Å²) in [6.07, 6.45) is 8.49. The van der Waals surface area contributed by atoms with E-state index in [2.05, 4.69) is 47.0 Å². The number of nitrogens with zero attached hydrogens (tertiary/aromatic N) is 7. The molecule has 0 spiro atoms. The highest BCUT2D eigenvalue weighted by Crippen LogP contribution is 2.30. The Morgan fingerprint density at radius 1 is 1.28 bits per heavy atom. The largest absolute Gasteiger partial charge is 0.381 e. The lowest BCUT2D eigenvalue weighted by atomic mass is 10.2. The molecular weight excluding hydrogens is 460 g/mol. The van der Waals surface area contributed by atoms with Crippen LogP contribution in [0.25, 0.3) is 33.5 Å². The summed E-state index contributed by atoms with van der Waals surface area (Å²) >= 11 is 0. The fourth-order valence-electron chi connectivity index (χ4n) is 4.14. The van der Waals surface area contributed by atoms with Crippen LogP contribution in [0.4, 0.5) is 11.5 Å². The molecule has 12 nitrogen and oxygen atoms in total. The summed E-state index contributed by atoms with van der Waals surface area (Å²) in [6, 6.07) is 1.96. The van der Waals surface area contributed by atoms with Crippen LogP contribution in [0.2, 0.25) is 0 Å². The van der Waals surface area contributed by atoms with Crippen LogP contribution < -0.4 is 15.8 Å². The molecule has 5 heterocycles. The number of hydrogen-bond donors (Lipinski definition) is 3. The van der Waals surface area contributed by atoms with Gasteiger partial charge in [-0.3, -0.25) is 19.5 Å².